The molecule has 0 amide bonds. The molecule has 170 valence electrons. The molecule has 0 spiro atoms. The molecule has 1 aromatic carbocycles. The van der Waals surface area contributed by atoms with Gasteiger partial charge in [0.1, 0.15) is 11.0 Å². The summed E-state index contributed by atoms with van der Waals surface area (Å²) in [6.45, 7) is -1.98. The second-order valence-corrected chi connectivity index (χ2v) is 11.1. The Morgan fingerprint density at radius 2 is 1.87 bits per heavy atom. The molecule has 31 heavy (non-hydrogen) atoms. The second kappa shape index (κ2) is 10.0. The van der Waals surface area contributed by atoms with E-state index in [2.05, 4.69) is 9.13 Å². The van der Waals surface area contributed by atoms with Crippen LogP contribution in [-0.4, -0.2) is 53.9 Å². The Balaban J connectivity index is 1.68. The average molecular weight is 476 g/mol. The van der Waals surface area contributed by atoms with E-state index in [-0.39, 0.29) is 34.3 Å². The molecule has 0 aromatic heterocycles. The van der Waals surface area contributed by atoms with Gasteiger partial charge in [-0.3, -0.25) is 0 Å². The lowest BCUT2D eigenvalue weighted by molar-refractivity contribution is -0.0499. The molecule has 1 atom stereocenters. The van der Waals surface area contributed by atoms with Crippen molar-refractivity contribution in [1.29, 1.82) is 0 Å². The van der Waals surface area contributed by atoms with Gasteiger partial charge in [0.15, 0.2) is 9.84 Å². The van der Waals surface area contributed by atoms with Crippen molar-refractivity contribution in [3.05, 3.63) is 53.0 Å². The van der Waals surface area contributed by atoms with Crippen LogP contribution in [0.1, 0.15) is 24.8 Å². The van der Waals surface area contributed by atoms with E-state index in [1.165, 1.54) is 42.5 Å². The van der Waals surface area contributed by atoms with E-state index in [4.69, 9.17) is 4.74 Å². The van der Waals surface area contributed by atoms with E-state index in [1.807, 2.05) is 0 Å². The smallest absolute Gasteiger partial charge is 0.387 e. The first-order valence-electron chi connectivity index (χ1n) is 9.69. The van der Waals surface area contributed by atoms with Gasteiger partial charge >= 0.3 is 6.61 Å². The van der Waals surface area contributed by atoms with Crippen LogP contribution in [0.5, 0.6) is 5.75 Å². The van der Waals surface area contributed by atoms with Gasteiger partial charge in [-0.2, -0.15) is 13.2 Å². The first-order valence-corrected chi connectivity index (χ1v) is 12.8. The highest BCUT2D eigenvalue weighted by Gasteiger charge is 2.29. The van der Waals surface area contributed by atoms with Crippen LogP contribution >= 0.6 is 0 Å². The number of hydrogen-bond donors (Lipinski definition) is 0. The predicted octanol–water partition coefficient (Wildman–Crippen LogP) is 3.09. The van der Waals surface area contributed by atoms with Crippen molar-refractivity contribution < 1.29 is 35.1 Å². The fourth-order valence-corrected chi connectivity index (χ4v) is 6.17. The number of ether oxygens (including phenoxy) is 2. The van der Waals surface area contributed by atoms with Crippen LogP contribution in [0.2, 0.25) is 0 Å². The van der Waals surface area contributed by atoms with Gasteiger partial charge in [-0.15, -0.1) is 0 Å². The summed E-state index contributed by atoms with van der Waals surface area (Å²) in [7, 11) is -7.57. The van der Waals surface area contributed by atoms with Crippen LogP contribution in [-0.2, 0) is 24.6 Å². The van der Waals surface area contributed by atoms with Crippen LogP contribution < -0.4 is 4.74 Å². The van der Waals surface area contributed by atoms with Gasteiger partial charge in [0.05, 0.1) is 16.9 Å². The molecule has 0 radical (unpaired) electrons. The number of alkyl halides is 2. The molecule has 1 heterocycles. The van der Waals surface area contributed by atoms with E-state index in [9.17, 15) is 25.6 Å². The van der Waals surface area contributed by atoms with E-state index >= 15 is 0 Å². The molecule has 1 aromatic rings. The molecule has 0 N–H and O–H groups in total. The van der Waals surface area contributed by atoms with Crippen LogP contribution in [0.3, 0.4) is 0 Å². The lowest BCUT2D eigenvalue weighted by Crippen LogP contribution is -2.25. The van der Waals surface area contributed by atoms with Crippen LogP contribution in [0, 0.1) is 5.92 Å². The number of sulfone groups is 1. The molecule has 1 aliphatic heterocycles. The summed E-state index contributed by atoms with van der Waals surface area (Å²) in [6, 6.07) is 5.68. The number of nitrogens with zero attached hydrogens (tertiary/aromatic N) is 1. The van der Waals surface area contributed by atoms with Crippen molar-refractivity contribution in [3.63, 3.8) is 0 Å². The Kier molecular flexibility index (Phi) is 7.60. The molecule has 11 heteroatoms. The normalized spacial score (nSPS) is 20.9. The van der Waals surface area contributed by atoms with Crippen molar-refractivity contribution in [2.45, 2.75) is 31.1 Å². The monoisotopic (exact) mass is 475 g/mol. The van der Waals surface area contributed by atoms with Crippen molar-refractivity contribution in [2.24, 2.45) is 10.3 Å². The Labute approximate surface area is 180 Å². The van der Waals surface area contributed by atoms with Gasteiger partial charge in [-0.1, -0.05) is 24.3 Å². The first-order chi connectivity index (χ1) is 14.7. The highest BCUT2D eigenvalue weighted by molar-refractivity contribution is 7.95. The summed E-state index contributed by atoms with van der Waals surface area (Å²) >= 11 is 0. The number of rotatable bonds is 8. The molecule has 0 bridgehead atoms. The van der Waals surface area contributed by atoms with Crippen molar-refractivity contribution in [2.75, 3.05) is 19.0 Å². The Bertz CT molecular complexity index is 1070. The number of para-hydroxylation sites is 1. The molecule has 7 nitrogen and oxygen atoms in total. The van der Waals surface area contributed by atoms with Crippen molar-refractivity contribution >= 4 is 26.1 Å². The maximum absolute atomic E-state index is 12.6. The summed E-state index contributed by atoms with van der Waals surface area (Å²) < 4.78 is 88.5. The van der Waals surface area contributed by atoms with Crippen LogP contribution in [0.15, 0.2) is 51.8 Å². The van der Waals surface area contributed by atoms with Crippen molar-refractivity contribution in [1.82, 2.24) is 0 Å². The summed E-state index contributed by atoms with van der Waals surface area (Å²) in [5, 5.41) is -1.05. The first kappa shape index (κ1) is 23.6. The minimum atomic E-state index is -4.04. The summed E-state index contributed by atoms with van der Waals surface area (Å²) in [5.41, 5.74) is 0.0847. The summed E-state index contributed by atoms with van der Waals surface area (Å²) in [4.78, 5) is 0.102. The second-order valence-electron chi connectivity index (χ2n) is 7.24. The molecular formula is C20H23F2NO6S2. The number of sulfonamides is 1. The third kappa shape index (κ3) is 6.44. The Morgan fingerprint density at radius 1 is 1.16 bits per heavy atom. The van der Waals surface area contributed by atoms with E-state index in [1.54, 1.807) is 0 Å². The molecule has 3 rings (SSSR count). The summed E-state index contributed by atoms with van der Waals surface area (Å²) in [5.74, 6) is -0.171. The summed E-state index contributed by atoms with van der Waals surface area (Å²) in [6.07, 6.45) is 6.24. The zero-order valence-corrected chi connectivity index (χ0v) is 18.2. The highest BCUT2D eigenvalue weighted by Crippen LogP contribution is 2.26. The van der Waals surface area contributed by atoms with Gasteiger partial charge in [-0.25, -0.2) is 16.8 Å². The number of hydrogen-bond acceptors (Lipinski definition) is 6. The quantitative estimate of drug-likeness (QED) is 0.536. The Hall–Kier alpha value is -2.11. The number of benzene rings is 1. The molecular weight excluding hydrogens is 452 g/mol. The van der Waals surface area contributed by atoms with Gasteiger partial charge in [-0.05, 0) is 43.4 Å². The topological polar surface area (TPSA) is 99.1 Å². The molecule has 1 saturated heterocycles. The molecule has 1 unspecified atom stereocenters. The molecule has 2 aliphatic rings. The van der Waals surface area contributed by atoms with E-state index in [0.29, 0.717) is 26.1 Å². The van der Waals surface area contributed by atoms with Gasteiger partial charge in [0.2, 0.25) is 0 Å². The van der Waals surface area contributed by atoms with Gasteiger partial charge < -0.3 is 9.47 Å². The average Bonchev–Trinajstić information content (AvgIpc) is 2.73. The maximum Gasteiger partial charge on any atom is 0.387 e. The van der Waals surface area contributed by atoms with E-state index in [0.717, 1.165) is 6.21 Å². The minimum absolute atomic E-state index is 0.00300. The fourth-order valence-electron chi connectivity index (χ4n) is 3.35. The third-order valence-corrected chi connectivity index (χ3v) is 8.48. The number of halogens is 2. The number of allylic oxidation sites excluding steroid dienone is 2. The van der Waals surface area contributed by atoms with Gasteiger partial charge in [0.25, 0.3) is 10.0 Å². The van der Waals surface area contributed by atoms with Gasteiger partial charge in [0, 0.05) is 18.8 Å². The van der Waals surface area contributed by atoms with Crippen molar-refractivity contribution in [3.8, 4) is 5.75 Å². The largest absolute Gasteiger partial charge is 0.434 e. The molecule has 1 aliphatic carbocycles. The zero-order valence-electron chi connectivity index (χ0n) is 16.6. The Morgan fingerprint density at radius 3 is 2.52 bits per heavy atom. The maximum atomic E-state index is 12.6. The fraction of sp³-hybridized carbons (Fsp3) is 0.450. The van der Waals surface area contributed by atoms with Crippen LogP contribution in [0.4, 0.5) is 8.78 Å². The standard InChI is InChI=1S/C20H23F2NO6S2/c21-20(22)29-19-4-2-1-3-16(19)13-23-31(26,27)18-7-5-17(6-8-18)30(24,25)14-15-9-11-28-12-10-15/h1-7,13,15,18,20H,8-12,14H2/b23-13+. The third-order valence-electron chi connectivity index (χ3n) is 5.04. The molecule has 0 saturated carbocycles. The minimum Gasteiger partial charge on any atom is -0.434 e. The lowest BCUT2D eigenvalue weighted by Gasteiger charge is -2.22. The van der Waals surface area contributed by atoms with Crippen LogP contribution in [0.25, 0.3) is 0 Å². The lowest BCUT2D eigenvalue weighted by atomic mass is 10.0. The molecule has 1 fully saturated rings. The zero-order chi connectivity index (χ0) is 22.5. The SMILES string of the molecule is O=S(=O)(CC1CCOCC1)C1=CCC(S(=O)(=O)/N=C/c2ccccc2OC(F)F)C=C1. The predicted molar refractivity (Wildman–Crippen MR) is 113 cm³/mol. The highest BCUT2D eigenvalue weighted by atomic mass is 32.2. The van der Waals surface area contributed by atoms with E-state index < -0.39 is 31.7 Å².